The van der Waals surface area contributed by atoms with E-state index in [0.29, 0.717) is 23.8 Å². The Balaban J connectivity index is 2.38. The van der Waals surface area contributed by atoms with Gasteiger partial charge < -0.3 is 19.7 Å². The molecule has 2 rings (SSSR count). The molecule has 0 saturated heterocycles. The van der Waals surface area contributed by atoms with Crippen molar-refractivity contribution >= 4 is 27.5 Å². The second kappa shape index (κ2) is 13.2. The molecular formula is C26H37N3O6S. The van der Waals surface area contributed by atoms with Crippen LogP contribution in [0, 0.1) is 0 Å². The highest BCUT2D eigenvalue weighted by Gasteiger charge is 2.30. The standard InChI is InChI=1S/C26H37N3O6S/c1-7-19(3)27-26(31)20(4)28(17-21-10-9-11-24(16-21)34-5)25(30)18-29(36(6,32)33)22-12-14-23(15-13-22)35-8-2/h9-16,19-20H,7-8,17-18H2,1-6H3,(H,27,31)/t19-,20+/m0/s1. The van der Waals surface area contributed by atoms with Gasteiger partial charge in [0.05, 0.1) is 25.7 Å². The predicted octanol–water partition coefficient (Wildman–Crippen LogP) is 3.19. The molecule has 2 atom stereocenters. The van der Waals surface area contributed by atoms with Crippen LogP contribution < -0.4 is 19.1 Å². The molecule has 0 radical (unpaired) electrons. The zero-order valence-electron chi connectivity index (χ0n) is 21.9. The van der Waals surface area contributed by atoms with E-state index in [2.05, 4.69) is 5.32 Å². The van der Waals surface area contributed by atoms with Crippen molar-refractivity contribution in [2.45, 2.75) is 52.7 Å². The molecule has 9 nitrogen and oxygen atoms in total. The molecule has 2 amide bonds. The molecule has 36 heavy (non-hydrogen) atoms. The number of amides is 2. The molecule has 0 aromatic heterocycles. The van der Waals surface area contributed by atoms with Crippen molar-refractivity contribution in [3.8, 4) is 11.5 Å². The van der Waals surface area contributed by atoms with Crippen molar-refractivity contribution in [3.05, 3.63) is 54.1 Å². The van der Waals surface area contributed by atoms with Gasteiger partial charge in [0.15, 0.2) is 0 Å². The minimum absolute atomic E-state index is 0.0647. The van der Waals surface area contributed by atoms with Gasteiger partial charge in [-0.15, -0.1) is 0 Å². The molecule has 0 fully saturated rings. The molecular weight excluding hydrogens is 482 g/mol. The fraction of sp³-hybridized carbons (Fsp3) is 0.462. The van der Waals surface area contributed by atoms with Crippen LogP contribution in [0.3, 0.4) is 0 Å². The van der Waals surface area contributed by atoms with Crippen molar-refractivity contribution in [2.24, 2.45) is 0 Å². The van der Waals surface area contributed by atoms with Crippen molar-refractivity contribution < 1.29 is 27.5 Å². The number of carbonyl (C=O) groups is 2. The minimum Gasteiger partial charge on any atom is -0.497 e. The summed E-state index contributed by atoms with van der Waals surface area (Å²) in [6, 6.07) is 12.8. The number of rotatable bonds is 13. The zero-order chi connectivity index (χ0) is 26.9. The maximum atomic E-state index is 13.6. The highest BCUT2D eigenvalue weighted by molar-refractivity contribution is 7.92. The summed E-state index contributed by atoms with van der Waals surface area (Å²) in [5.41, 5.74) is 1.07. The molecule has 2 aromatic carbocycles. The van der Waals surface area contributed by atoms with Gasteiger partial charge in [-0.05, 0) is 69.2 Å². The van der Waals surface area contributed by atoms with Gasteiger partial charge in [-0.25, -0.2) is 8.42 Å². The normalized spacial score (nSPS) is 12.8. The van der Waals surface area contributed by atoms with Crippen LogP contribution in [0.15, 0.2) is 48.5 Å². The molecule has 198 valence electrons. The van der Waals surface area contributed by atoms with E-state index in [9.17, 15) is 18.0 Å². The number of benzene rings is 2. The monoisotopic (exact) mass is 519 g/mol. The molecule has 0 saturated carbocycles. The van der Waals surface area contributed by atoms with Crippen molar-refractivity contribution in [1.29, 1.82) is 0 Å². The molecule has 0 aliphatic heterocycles. The van der Waals surface area contributed by atoms with Crippen LogP contribution in [0.1, 0.15) is 39.7 Å². The van der Waals surface area contributed by atoms with Crippen LogP contribution in [-0.4, -0.2) is 63.7 Å². The Labute approximate surface area is 214 Å². The Hall–Kier alpha value is -3.27. The van der Waals surface area contributed by atoms with E-state index in [0.717, 1.165) is 22.5 Å². The van der Waals surface area contributed by atoms with Crippen LogP contribution in [0.2, 0.25) is 0 Å². The van der Waals surface area contributed by atoms with E-state index in [-0.39, 0.29) is 18.5 Å². The SMILES string of the molecule is CCOc1ccc(N(CC(=O)N(Cc2cccc(OC)c2)[C@H](C)C(=O)N[C@@H](C)CC)S(C)(=O)=O)cc1. The smallest absolute Gasteiger partial charge is 0.244 e. The third kappa shape index (κ3) is 8.15. The van der Waals surface area contributed by atoms with Crippen molar-refractivity contribution in [2.75, 3.05) is 30.8 Å². The summed E-state index contributed by atoms with van der Waals surface area (Å²) in [4.78, 5) is 27.9. The highest BCUT2D eigenvalue weighted by Crippen LogP contribution is 2.23. The Morgan fingerprint density at radius 2 is 1.69 bits per heavy atom. The maximum absolute atomic E-state index is 13.6. The van der Waals surface area contributed by atoms with Crippen molar-refractivity contribution in [1.82, 2.24) is 10.2 Å². The molecule has 0 bridgehead atoms. The first-order chi connectivity index (χ1) is 17.0. The summed E-state index contributed by atoms with van der Waals surface area (Å²) in [6.45, 7) is 7.45. The van der Waals surface area contributed by atoms with E-state index >= 15 is 0 Å². The fourth-order valence-electron chi connectivity index (χ4n) is 3.50. The number of nitrogens with zero attached hydrogens (tertiary/aromatic N) is 2. The summed E-state index contributed by atoms with van der Waals surface area (Å²) in [7, 11) is -2.25. The number of methoxy groups -OCH3 is 1. The lowest BCUT2D eigenvalue weighted by Crippen LogP contribution is -2.52. The molecule has 0 unspecified atom stereocenters. The Morgan fingerprint density at radius 1 is 1.03 bits per heavy atom. The summed E-state index contributed by atoms with van der Waals surface area (Å²) >= 11 is 0. The van der Waals surface area contributed by atoms with Gasteiger partial charge in [-0.3, -0.25) is 13.9 Å². The number of anilines is 1. The van der Waals surface area contributed by atoms with Gasteiger partial charge in [0, 0.05) is 12.6 Å². The van der Waals surface area contributed by atoms with Gasteiger partial charge in [-0.1, -0.05) is 19.1 Å². The lowest BCUT2D eigenvalue weighted by Gasteiger charge is -2.32. The number of hydrogen-bond acceptors (Lipinski definition) is 6. The molecule has 0 aliphatic rings. The first-order valence-corrected chi connectivity index (χ1v) is 13.8. The van der Waals surface area contributed by atoms with Gasteiger partial charge in [0.1, 0.15) is 24.1 Å². The van der Waals surface area contributed by atoms with Gasteiger partial charge in [0.2, 0.25) is 21.8 Å². The number of ether oxygens (including phenoxy) is 2. The largest absolute Gasteiger partial charge is 0.497 e. The number of hydrogen-bond donors (Lipinski definition) is 1. The lowest BCUT2D eigenvalue weighted by atomic mass is 10.1. The summed E-state index contributed by atoms with van der Waals surface area (Å²) < 4.78 is 37.1. The number of carbonyl (C=O) groups excluding carboxylic acids is 2. The average Bonchev–Trinajstić information content (AvgIpc) is 2.85. The first kappa shape index (κ1) is 29.0. The van der Waals surface area contributed by atoms with Crippen molar-refractivity contribution in [3.63, 3.8) is 0 Å². The Kier molecular flexibility index (Phi) is 10.6. The molecule has 10 heteroatoms. The topological polar surface area (TPSA) is 105 Å². The van der Waals surface area contributed by atoms with E-state index in [1.807, 2.05) is 26.8 Å². The average molecular weight is 520 g/mol. The second-order valence-electron chi connectivity index (χ2n) is 8.56. The van der Waals surface area contributed by atoms with Crippen LogP contribution in [0.4, 0.5) is 5.69 Å². The molecule has 0 spiro atoms. The van der Waals surface area contributed by atoms with Crippen LogP contribution in [0.5, 0.6) is 11.5 Å². The Morgan fingerprint density at radius 3 is 2.25 bits per heavy atom. The number of nitrogens with one attached hydrogen (secondary N) is 1. The van der Waals surface area contributed by atoms with Gasteiger partial charge in [0.25, 0.3) is 0 Å². The summed E-state index contributed by atoms with van der Waals surface area (Å²) in [6.07, 6.45) is 1.78. The van der Waals surface area contributed by atoms with E-state index in [4.69, 9.17) is 9.47 Å². The number of sulfonamides is 1. The fourth-order valence-corrected chi connectivity index (χ4v) is 4.35. The van der Waals surface area contributed by atoms with Crippen LogP contribution in [0.25, 0.3) is 0 Å². The molecule has 0 aliphatic carbocycles. The quantitative estimate of drug-likeness (QED) is 0.436. The van der Waals surface area contributed by atoms with Crippen LogP contribution >= 0.6 is 0 Å². The van der Waals surface area contributed by atoms with E-state index < -0.39 is 28.5 Å². The van der Waals surface area contributed by atoms with E-state index in [1.54, 1.807) is 56.5 Å². The zero-order valence-corrected chi connectivity index (χ0v) is 22.7. The molecule has 1 N–H and O–H groups in total. The second-order valence-corrected chi connectivity index (χ2v) is 10.5. The first-order valence-electron chi connectivity index (χ1n) is 11.9. The molecule has 0 heterocycles. The Bertz CT molecular complexity index is 1120. The maximum Gasteiger partial charge on any atom is 0.244 e. The highest BCUT2D eigenvalue weighted by atomic mass is 32.2. The third-order valence-corrected chi connectivity index (χ3v) is 6.91. The molecule has 2 aromatic rings. The summed E-state index contributed by atoms with van der Waals surface area (Å²) in [5.74, 6) is 0.385. The predicted molar refractivity (Wildman–Crippen MR) is 141 cm³/mol. The lowest BCUT2D eigenvalue weighted by molar-refractivity contribution is -0.139. The van der Waals surface area contributed by atoms with Crippen LogP contribution in [-0.2, 0) is 26.2 Å². The third-order valence-electron chi connectivity index (χ3n) is 5.77. The van der Waals surface area contributed by atoms with Gasteiger partial charge >= 0.3 is 0 Å². The summed E-state index contributed by atoms with van der Waals surface area (Å²) in [5, 5.41) is 2.90. The van der Waals surface area contributed by atoms with E-state index in [1.165, 1.54) is 4.90 Å². The minimum atomic E-state index is -3.80. The van der Waals surface area contributed by atoms with Gasteiger partial charge in [-0.2, -0.15) is 0 Å².